The molecule has 1 amide bonds. The van der Waals surface area contributed by atoms with Crippen LogP contribution in [0.3, 0.4) is 0 Å². The Morgan fingerprint density at radius 2 is 1.69 bits per heavy atom. The Bertz CT molecular complexity index is 1240. The summed E-state index contributed by atoms with van der Waals surface area (Å²) in [7, 11) is -3.62. The summed E-state index contributed by atoms with van der Waals surface area (Å²) in [6.07, 6.45) is 2.50. The summed E-state index contributed by atoms with van der Waals surface area (Å²) in [6, 6.07) is 18.3. The molecule has 1 saturated heterocycles. The molecule has 8 heteroatoms. The molecule has 0 bridgehead atoms. The third kappa shape index (κ3) is 5.77. The molecule has 0 N–H and O–H groups in total. The quantitative estimate of drug-likeness (QED) is 0.464. The number of carbonyl (C=O) groups is 1. The van der Waals surface area contributed by atoms with E-state index in [1.165, 1.54) is 16.4 Å². The predicted octanol–water partition coefficient (Wildman–Crippen LogP) is 4.98. The number of amides is 1. The van der Waals surface area contributed by atoms with Gasteiger partial charge in [-0.15, -0.1) is 0 Å². The van der Waals surface area contributed by atoms with Gasteiger partial charge in [-0.3, -0.25) is 9.78 Å². The van der Waals surface area contributed by atoms with Crippen molar-refractivity contribution < 1.29 is 17.6 Å². The van der Waals surface area contributed by atoms with Crippen molar-refractivity contribution in [1.82, 2.24) is 9.29 Å². The van der Waals surface area contributed by atoms with Gasteiger partial charge in [-0.25, -0.2) is 12.8 Å². The molecule has 1 aliphatic heterocycles. The van der Waals surface area contributed by atoms with Crippen LogP contribution in [-0.4, -0.2) is 36.7 Å². The van der Waals surface area contributed by atoms with Crippen molar-refractivity contribution in [3.63, 3.8) is 0 Å². The number of hydrogen-bond donors (Lipinski definition) is 0. The van der Waals surface area contributed by atoms with E-state index in [0.29, 0.717) is 24.4 Å². The number of piperidine rings is 1. The van der Waals surface area contributed by atoms with Crippen LogP contribution in [0, 0.1) is 11.7 Å². The lowest BCUT2D eigenvalue weighted by Crippen LogP contribution is -2.44. The zero-order valence-corrected chi connectivity index (χ0v) is 20.8. The molecule has 3 aromatic rings. The van der Waals surface area contributed by atoms with Crippen molar-refractivity contribution in [2.75, 3.05) is 18.0 Å². The van der Waals surface area contributed by atoms with E-state index in [2.05, 4.69) is 18.8 Å². The lowest BCUT2D eigenvalue weighted by atomic mass is 9.96. The van der Waals surface area contributed by atoms with Crippen molar-refractivity contribution >= 4 is 21.6 Å². The molecule has 1 fully saturated rings. The average molecular weight is 496 g/mol. The summed E-state index contributed by atoms with van der Waals surface area (Å²) in [5.74, 6) is -0.498. The molecule has 0 spiro atoms. The number of nitrogens with zero attached hydrogens (tertiary/aromatic N) is 3. The highest BCUT2D eigenvalue weighted by Gasteiger charge is 2.34. The van der Waals surface area contributed by atoms with E-state index in [1.54, 1.807) is 41.4 Å². The van der Waals surface area contributed by atoms with Gasteiger partial charge in [0.25, 0.3) is 0 Å². The number of rotatable bonds is 7. The molecule has 0 saturated carbocycles. The van der Waals surface area contributed by atoms with Crippen molar-refractivity contribution in [2.45, 2.75) is 44.0 Å². The normalized spacial score (nSPS) is 15.3. The van der Waals surface area contributed by atoms with Crippen LogP contribution in [-0.2, 0) is 21.4 Å². The Balaban J connectivity index is 1.48. The molecular formula is C27H30FN3O3S. The van der Waals surface area contributed by atoms with Gasteiger partial charge in [0.2, 0.25) is 15.9 Å². The minimum atomic E-state index is -3.62. The lowest BCUT2D eigenvalue weighted by Gasteiger charge is -2.33. The van der Waals surface area contributed by atoms with Crippen LogP contribution >= 0.6 is 0 Å². The number of sulfonamides is 1. The van der Waals surface area contributed by atoms with Crippen LogP contribution in [0.1, 0.15) is 43.9 Å². The first-order valence-corrected chi connectivity index (χ1v) is 13.3. The second-order valence-corrected chi connectivity index (χ2v) is 11.1. The Labute approximate surface area is 206 Å². The van der Waals surface area contributed by atoms with Crippen LogP contribution in [0.15, 0.2) is 77.8 Å². The zero-order chi connectivity index (χ0) is 25.0. The van der Waals surface area contributed by atoms with E-state index in [4.69, 9.17) is 0 Å². The molecule has 0 radical (unpaired) electrons. The maximum atomic E-state index is 13.6. The van der Waals surface area contributed by atoms with Crippen molar-refractivity contribution in [1.29, 1.82) is 0 Å². The molecule has 2 aromatic carbocycles. The van der Waals surface area contributed by atoms with Crippen LogP contribution in [0.5, 0.6) is 0 Å². The smallest absolute Gasteiger partial charge is 0.243 e. The van der Waals surface area contributed by atoms with Gasteiger partial charge in [-0.05, 0) is 72.9 Å². The summed E-state index contributed by atoms with van der Waals surface area (Å²) in [5.41, 5.74) is 2.39. The van der Waals surface area contributed by atoms with Crippen molar-refractivity contribution in [2.24, 2.45) is 5.92 Å². The van der Waals surface area contributed by atoms with Crippen LogP contribution in [0.2, 0.25) is 0 Å². The molecule has 2 heterocycles. The number of benzene rings is 2. The first-order valence-electron chi connectivity index (χ1n) is 11.8. The highest BCUT2D eigenvalue weighted by atomic mass is 32.2. The van der Waals surface area contributed by atoms with Gasteiger partial charge in [-0.1, -0.05) is 32.0 Å². The van der Waals surface area contributed by atoms with Gasteiger partial charge < -0.3 is 4.90 Å². The fraction of sp³-hybridized carbons (Fsp3) is 0.333. The van der Waals surface area contributed by atoms with Crippen LogP contribution < -0.4 is 4.90 Å². The third-order valence-corrected chi connectivity index (χ3v) is 8.35. The molecule has 6 nitrogen and oxygen atoms in total. The highest BCUT2D eigenvalue weighted by Crippen LogP contribution is 2.28. The van der Waals surface area contributed by atoms with E-state index in [9.17, 15) is 17.6 Å². The Morgan fingerprint density at radius 1 is 1.03 bits per heavy atom. The number of pyridine rings is 1. The van der Waals surface area contributed by atoms with Gasteiger partial charge in [0.1, 0.15) is 5.82 Å². The van der Waals surface area contributed by atoms with Crippen LogP contribution in [0.4, 0.5) is 10.1 Å². The Hall–Kier alpha value is -3.10. The number of aromatic nitrogens is 1. The molecule has 184 valence electrons. The van der Waals surface area contributed by atoms with E-state index < -0.39 is 10.0 Å². The van der Waals surface area contributed by atoms with Gasteiger partial charge in [0.05, 0.1) is 17.1 Å². The number of hydrogen-bond acceptors (Lipinski definition) is 4. The van der Waals surface area contributed by atoms with Crippen molar-refractivity contribution in [3.8, 4) is 0 Å². The molecule has 0 aliphatic carbocycles. The van der Waals surface area contributed by atoms with E-state index in [1.807, 2.05) is 24.3 Å². The van der Waals surface area contributed by atoms with Crippen molar-refractivity contribution in [3.05, 3.63) is 90.0 Å². The largest absolute Gasteiger partial charge is 0.306 e. The Morgan fingerprint density at radius 3 is 2.26 bits per heavy atom. The average Bonchev–Trinajstić information content (AvgIpc) is 2.88. The molecule has 0 unspecified atom stereocenters. The maximum absolute atomic E-state index is 13.6. The summed E-state index contributed by atoms with van der Waals surface area (Å²) in [4.78, 5) is 19.8. The lowest BCUT2D eigenvalue weighted by molar-refractivity contribution is -0.123. The molecule has 1 aromatic heterocycles. The summed E-state index contributed by atoms with van der Waals surface area (Å²) in [6.45, 7) is 4.92. The fourth-order valence-corrected chi connectivity index (χ4v) is 5.78. The zero-order valence-electron chi connectivity index (χ0n) is 20.0. The monoisotopic (exact) mass is 495 g/mol. The second-order valence-electron chi connectivity index (χ2n) is 9.12. The first-order chi connectivity index (χ1) is 16.8. The van der Waals surface area contributed by atoms with Gasteiger partial charge in [0.15, 0.2) is 0 Å². The summed E-state index contributed by atoms with van der Waals surface area (Å²) >= 11 is 0. The predicted molar refractivity (Wildman–Crippen MR) is 134 cm³/mol. The topological polar surface area (TPSA) is 70.6 Å². The summed E-state index contributed by atoms with van der Waals surface area (Å²) in [5, 5.41) is 0. The molecular weight excluding hydrogens is 465 g/mol. The minimum absolute atomic E-state index is 0.111. The first kappa shape index (κ1) is 25.0. The maximum Gasteiger partial charge on any atom is 0.243 e. The molecule has 0 atom stereocenters. The van der Waals surface area contributed by atoms with Gasteiger partial charge in [-0.2, -0.15) is 4.31 Å². The molecule has 35 heavy (non-hydrogen) atoms. The standard InChI is InChI=1S/C27H30FN3O3S/c1-20(2)21-6-12-26(13-7-21)35(33,34)30-17-14-22(15-18-30)27(32)31(19-24-5-3-4-16-29-24)25-10-8-23(28)9-11-25/h3-13,16,20,22H,14-15,17-19H2,1-2H3. The number of anilines is 1. The molecule has 1 aliphatic rings. The van der Waals surface area contributed by atoms with E-state index in [-0.39, 0.29) is 42.2 Å². The number of halogens is 1. The molecule has 4 rings (SSSR count). The van der Waals surface area contributed by atoms with E-state index in [0.717, 1.165) is 11.3 Å². The number of carbonyl (C=O) groups excluding carboxylic acids is 1. The van der Waals surface area contributed by atoms with Gasteiger partial charge in [0, 0.05) is 30.9 Å². The van der Waals surface area contributed by atoms with E-state index >= 15 is 0 Å². The minimum Gasteiger partial charge on any atom is -0.306 e. The third-order valence-electron chi connectivity index (χ3n) is 6.44. The Kier molecular flexibility index (Phi) is 7.62. The SMILES string of the molecule is CC(C)c1ccc(S(=O)(=O)N2CCC(C(=O)N(Cc3ccccn3)c3ccc(F)cc3)CC2)cc1. The fourth-order valence-electron chi connectivity index (χ4n) is 4.31. The summed E-state index contributed by atoms with van der Waals surface area (Å²) < 4.78 is 41.3. The van der Waals surface area contributed by atoms with Crippen LogP contribution in [0.25, 0.3) is 0 Å². The highest BCUT2D eigenvalue weighted by molar-refractivity contribution is 7.89. The second kappa shape index (κ2) is 10.7. The van der Waals surface area contributed by atoms with Gasteiger partial charge >= 0.3 is 0 Å².